The second-order valence-corrected chi connectivity index (χ2v) is 7.62. The molecular weight excluding hydrogens is 365 g/mol. The molecule has 2 N–H and O–H groups in total. The molecule has 118 valence electrons. The Bertz CT molecular complexity index is 602. The standard InChI is InChI=1S/C13H17BrFNO4S/c14-11-4-10(7-17)13(15)12(5-11)21(18,19)16-6-9-2-1-3-20-8-9/h4-5,9,16-17H,1-3,6-8H2. The van der Waals surface area contributed by atoms with E-state index in [1.807, 2.05) is 0 Å². The topological polar surface area (TPSA) is 75.6 Å². The Morgan fingerprint density at radius 1 is 1.48 bits per heavy atom. The first-order valence-corrected chi connectivity index (χ1v) is 8.88. The van der Waals surface area contributed by atoms with Crippen LogP contribution in [0.2, 0.25) is 0 Å². The van der Waals surface area contributed by atoms with Crippen molar-refractivity contribution in [3.63, 3.8) is 0 Å². The normalized spacial score (nSPS) is 19.7. The summed E-state index contributed by atoms with van der Waals surface area (Å²) in [5, 5.41) is 9.07. The Hall–Kier alpha value is -0.540. The van der Waals surface area contributed by atoms with Crippen LogP contribution in [0.1, 0.15) is 18.4 Å². The van der Waals surface area contributed by atoms with E-state index < -0.39 is 27.3 Å². The fraction of sp³-hybridized carbons (Fsp3) is 0.538. The van der Waals surface area contributed by atoms with Crippen LogP contribution in [0.5, 0.6) is 0 Å². The van der Waals surface area contributed by atoms with Crippen molar-refractivity contribution in [2.24, 2.45) is 5.92 Å². The molecule has 1 aromatic rings. The first-order valence-electron chi connectivity index (χ1n) is 6.60. The minimum Gasteiger partial charge on any atom is -0.392 e. The van der Waals surface area contributed by atoms with Crippen LogP contribution < -0.4 is 4.72 Å². The fourth-order valence-corrected chi connectivity index (χ4v) is 4.12. The molecule has 1 aliphatic heterocycles. The minimum atomic E-state index is -3.97. The molecule has 8 heteroatoms. The van der Waals surface area contributed by atoms with Crippen LogP contribution in [-0.2, 0) is 21.4 Å². The highest BCUT2D eigenvalue weighted by molar-refractivity contribution is 9.10. The average molecular weight is 382 g/mol. The third-order valence-electron chi connectivity index (χ3n) is 3.36. The Balaban J connectivity index is 2.17. The molecule has 1 unspecified atom stereocenters. The maximum Gasteiger partial charge on any atom is 0.243 e. The van der Waals surface area contributed by atoms with Crippen LogP contribution in [0.4, 0.5) is 4.39 Å². The summed E-state index contributed by atoms with van der Waals surface area (Å²) in [5.74, 6) is -0.825. The number of hydrogen-bond acceptors (Lipinski definition) is 4. The van der Waals surface area contributed by atoms with E-state index in [-0.39, 0.29) is 18.0 Å². The van der Waals surface area contributed by atoms with Crippen molar-refractivity contribution in [3.8, 4) is 0 Å². The Kier molecular flexibility index (Phi) is 5.73. The van der Waals surface area contributed by atoms with Gasteiger partial charge < -0.3 is 9.84 Å². The molecule has 1 heterocycles. The SMILES string of the molecule is O=S(=O)(NCC1CCCOC1)c1cc(Br)cc(CO)c1F. The maximum atomic E-state index is 14.1. The van der Waals surface area contributed by atoms with E-state index in [0.29, 0.717) is 17.7 Å². The van der Waals surface area contributed by atoms with Gasteiger partial charge in [0.25, 0.3) is 0 Å². The van der Waals surface area contributed by atoms with Gasteiger partial charge in [-0.15, -0.1) is 0 Å². The zero-order valence-electron chi connectivity index (χ0n) is 11.3. The van der Waals surface area contributed by atoms with Gasteiger partial charge in [-0.2, -0.15) is 0 Å². The lowest BCUT2D eigenvalue weighted by Crippen LogP contribution is -2.33. The van der Waals surface area contributed by atoms with E-state index in [2.05, 4.69) is 20.7 Å². The molecule has 1 saturated heterocycles. The Morgan fingerprint density at radius 3 is 2.86 bits per heavy atom. The molecule has 5 nitrogen and oxygen atoms in total. The van der Waals surface area contributed by atoms with Crippen LogP contribution in [0.25, 0.3) is 0 Å². The number of halogens is 2. The zero-order chi connectivity index (χ0) is 15.5. The van der Waals surface area contributed by atoms with Gasteiger partial charge in [-0.25, -0.2) is 17.5 Å². The summed E-state index contributed by atoms with van der Waals surface area (Å²) in [6, 6.07) is 2.54. The van der Waals surface area contributed by atoms with E-state index in [1.54, 1.807) is 0 Å². The van der Waals surface area contributed by atoms with Crippen molar-refractivity contribution in [2.75, 3.05) is 19.8 Å². The van der Waals surface area contributed by atoms with Crippen LogP contribution in [0.3, 0.4) is 0 Å². The molecule has 0 aromatic heterocycles. The lowest BCUT2D eigenvalue weighted by Gasteiger charge is -2.22. The maximum absolute atomic E-state index is 14.1. The minimum absolute atomic E-state index is 0.0641. The van der Waals surface area contributed by atoms with Gasteiger partial charge in [0.2, 0.25) is 10.0 Å². The third kappa shape index (κ3) is 4.23. The van der Waals surface area contributed by atoms with Crippen molar-refractivity contribution in [2.45, 2.75) is 24.3 Å². The number of sulfonamides is 1. The predicted molar refractivity (Wildman–Crippen MR) is 78.8 cm³/mol. The highest BCUT2D eigenvalue weighted by Gasteiger charge is 2.24. The van der Waals surface area contributed by atoms with Crippen LogP contribution in [-0.4, -0.2) is 33.3 Å². The second kappa shape index (κ2) is 7.15. The van der Waals surface area contributed by atoms with Crippen molar-refractivity contribution < 1.29 is 22.7 Å². The van der Waals surface area contributed by atoms with Crippen LogP contribution >= 0.6 is 15.9 Å². The van der Waals surface area contributed by atoms with Gasteiger partial charge in [0.15, 0.2) is 0 Å². The molecule has 0 amide bonds. The molecule has 0 spiro atoms. The van der Waals surface area contributed by atoms with E-state index in [4.69, 9.17) is 9.84 Å². The van der Waals surface area contributed by atoms with Crippen molar-refractivity contribution in [3.05, 3.63) is 28.0 Å². The van der Waals surface area contributed by atoms with E-state index in [1.165, 1.54) is 12.1 Å². The molecule has 1 atom stereocenters. The molecule has 0 saturated carbocycles. The van der Waals surface area contributed by atoms with Gasteiger partial charge in [-0.1, -0.05) is 15.9 Å². The van der Waals surface area contributed by atoms with Gasteiger partial charge >= 0.3 is 0 Å². The summed E-state index contributed by atoms with van der Waals surface area (Å²) in [6.45, 7) is 0.849. The highest BCUT2D eigenvalue weighted by atomic mass is 79.9. The molecule has 0 bridgehead atoms. The lowest BCUT2D eigenvalue weighted by molar-refractivity contribution is 0.0568. The summed E-state index contributed by atoms with van der Waals surface area (Å²) < 4.78 is 46.6. The van der Waals surface area contributed by atoms with Gasteiger partial charge in [-0.05, 0) is 30.9 Å². The Morgan fingerprint density at radius 2 is 2.24 bits per heavy atom. The predicted octanol–water partition coefficient (Wildman–Crippen LogP) is 1.79. The molecule has 1 aromatic carbocycles. The summed E-state index contributed by atoms with van der Waals surface area (Å²) in [4.78, 5) is -0.461. The average Bonchev–Trinajstić information content (AvgIpc) is 2.48. The zero-order valence-corrected chi connectivity index (χ0v) is 13.7. The van der Waals surface area contributed by atoms with Crippen LogP contribution in [0, 0.1) is 11.7 Å². The monoisotopic (exact) mass is 381 g/mol. The summed E-state index contributed by atoms with van der Waals surface area (Å²) >= 11 is 3.12. The third-order valence-corrected chi connectivity index (χ3v) is 5.24. The van der Waals surface area contributed by atoms with Crippen molar-refractivity contribution >= 4 is 26.0 Å². The number of benzene rings is 1. The van der Waals surface area contributed by atoms with Gasteiger partial charge in [0.05, 0.1) is 13.2 Å². The fourth-order valence-electron chi connectivity index (χ4n) is 2.20. The largest absolute Gasteiger partial charge is 0.392 e. The lowest BCUT2D eigenvalue weighted by atomic mass is 10.0. The molecule has 1 aliphatic rings. The van der Waals surface area contributed by atoms with Crippen molar-refractivity contribution in [1.82, 2.24) is 4.72 Å². The molecule has 0 aliphatic carbocycles. The van der Waals surface area contributed by atoms with Gasteiger partial charge in [0.1, 0.15) is 10.7 Å². The molecule has 1 fully saturated rings. The molecule has 2 rings (SSSR count). The van der Waals surface area contributed by atoms with Gasteiger partial charge in [0, 0.05) is 23.2 Å². The number of aliphatic hydroxyl groups is 1. The molecular formula is C13H17BrFNO4S. The first kappa shape index (κ1) is 16.8. The van der Waals surface area contributed by atoms with Crippen LogP contribution in [0.15, 0.2) is 21.5 Å². The summed E-state index contributed by atoms with van der Waals surface area (Å²) in [7, 11) is -3.97. The second-order valence-electron chi connectivity index (χ2n) is 4.97. The number of rotatable bonds is 5. The quantitative estimate of drug-likeness (QED) is 0.814. The summed E-state index contributed by atoms with van der Waals surface area (Å²) in [5.41, 5.74) is -0.0641. The highest BCUT2D eigenvalue weighted by Crippen LogP contribution is 2.24. The smallest absolute Gasteiger partial charge is 0.243 e. The number of hydrogen-bond donors (Lipinski definition) is 2. The summed E-state index contributed by atoms with van der Waals surface area (Å²) in [6.07, 6.45) is 1.78. The number of ether oxygens (including phenoxy) is 1. The van der Waals surface area contributed by atoms with Crippen molar-refractivity contribution in [1.29, 1.82) is 0 Å². The number of nitrogens with one attached hydrogen (secondary N) is 1. The van der Waals surface area contributed by atoms with E-state index in [0.717, 1.165) is 12.8 Å². The molecule has 0 radical (unpaired) electrons. The molecule has 21 heavy (non-hydrogen) atoms. The van der Waals surface area contributed by atoms with E-state index in [9.17, 15) is 12.8 Å². The van der Waals surface area contributed by atoms with Gasteiger partial charge in [-0.3, -0.25) is 0 Å². The first-order chi connectivity index (χ1) is 9.94. The number of aliphatic hydroxyl groups excluding tert-OH is 1. The Labute approximate surface area is 131 Å². The van der Waals surface area contributed by atoms with E-state index >= 15 is 0 Å².